The number of benzene rings is 1. The minimum Gasteiger partial charge on any atom is -0.335 e. The number of aryl methyl sites for hydroxylation is 1. The smallest absolute Gasteiger partial charge is 0.161 e. The molecule has 17 heavy (non-hydrogen) atoms. The Morgan fingerprint density at radius 3 is 2.76 bits per heavy atom. The number of hydrogen-bond acceptors (Lipinski definition) is 3. The second-order valence-corrected chi connectivity index (χ2v) is 6.13. The summed E-state index contributed by atoms with van der Waals surface area (Å²) in [4.78, 5) is 4.48. The minimum atomic E-state index is -0.184. The lowest BCUT2D eigenvalue weighted by Gasteiger charge is -2.27. The van der Waals surface area contributed by atoms with E-state index in [2.05, 4.69) is 24.2 Å². The standard InChI is InChI=1S/C13H17FN2S/c1-9-4-5-10(6-11(9)14)16-12-15-7-13(2,3)8-17-12/h4-6H,7-8H2,1-3H3,(H,15,16). The maximum atomic E-state index is 13.4. The fraction of sp³-hybridized carbons (Fsp3) is 0.462. The van der Waals surface area contributed by atoms with Gasteiger partial charge in [-0.1, -0.05) is 31.7 Å². The van der Waals surface area contributed by atoms with E-state index in [1.807, 2.05) is 6.07 Å². The van der Waals surface area contributed by atoms with Crippen LogP contribution in [-0.2, 0) is 0 Å². The van der Waals surface area contributed by atoms with Gasteiger partial charge >= 0.3 is 0 Å². The van der Waals surface area contributed by atoms with Crippen LogP contribution in [0.2, 0.25) is 0 Å². The molecular weight excluding hydrogens is 235 g/mol. The quantitative estimate of drug-likeness (QED) is 0.824. The van der Waals surface area contributed by atoms with Crippen LogP contribution in [0.15, 0.2) is 23.2 Å². The van der Waals surface area contributed by atoms with Crippen LogP contribution in [0.25, 0.3) is 0 Å². The Bertz CT molecular complexity index is 455. The molecule has 4 heteroatoms. The Balaban J connectivity index is 2.07. The van der Waals surface area contributed by atoms with E-state index in [4.69, 9.17) is 0 Å². The lowest BCUT2D eigenvalue weighted by molar-refractivity contribution is 0.438. The van der Waals surface area contributed by atoms with Crippen molar-refractivity contribution in [3.63, 3.8) is 0 Å². The summed E-state index contributed by atoms with van der Waals surface area (Å²) in [6.07, 6.45) is 0. The molecule has 1 aliphatic rings. The first kappa shape index (κ1) is 12.4. The Labute approximate surface area is 106 Å². The Morgan fingerprint density at radius 2 is 2.18 bits per heavy atom. The lowest BCUT2D eigenvalue weighted by Crippen LogP contribution is -2.27. The van der Waals surface area contributed by atoms with Crippen molar-refractivity contribution in [3.8, 4) is 0 Å². The molecule has 0 radical (unpaired) electrons. The van der Waals surface area contributed by atoms with E-state index < -0.39 is 0 Å². The fourth-order valence-electron chi connectivity index (χ4n) is 1.51. The highest BCUT2D eigenvalue weighted by Gasteiger charge is 2.23. The monoisotopic (exact) mass is 252 g/mol. The molecule has 92 valence electrons. The predicted molar refractivity (Wildman–Crippen MR) is 73.3 cm³/mol. The number of rotatable bonds is 1. The van der Waals surface area contributed by atoms with Crippen LogP contribution < -0.4 is 5.32 Å². The third-order valence-corrected chi connectivity index (χ3v) is 4.10. The molecule has 2 nitrogen and oxygen atoms in total. The average Bonchev–Trinajstić information content (AvgIpc) is 2.27. The zero-order valence-electron chi connectivity index (χ0n) is 10.4. The number of aliphatic imine (C=N–C) groups is 1. The second kappa shape index (κ2) is 4.69. The number of halogens is 1. The molecule has 0 atom stereocenters. The van der Waals surface area contributed by atoms with Crippen molar-refractivity contribution in [1.29, 1.82) is 0 Å². The summed E-state index contributed by atoms with van der Waals surface area (Å²) in [7, 11) is 0. The molecule has 1 aromatic carbocycles. The molecule has 0 fully saturated rings. The van der Waals surface area contributed by atoms with Crippen molar-refractivity contribution in [2.24, 2.45) is 10.4 Å². The molecule has 1 aromatic rings. The summed E-state index contributed by atoms with van der Waals surface area (Å²) >= 11 is 1.69. The zero-order chi connectivity index (χ0) is 12.5. The van der Waals surface area contributed by atoms with E-state index in [0.717, 1.165) is 23.2 Å². The summed E-state index contributed by atoms with van der Waals surface area (Å²) in [5.74, 6) is 0.851. The van der Waals surface area contributed by atoms with Crippen molar-refractivity contribution < 1.29 is 4.39 Å². The highest BCUT2D eigenvalue weighted by Crippen LogP contribution is 2.28. The van der Waals surface area contributed by atoms with Crippen LogP contribution in [0.3, 0.4) is 0 Å². The predicted octanol–water partition coefficient (Wildman–Crippen LogP) is 3.68. The van der Waals surface area contributed by atoms with E-state index in [0.29, 0.717) is 5.56 Å². The molecule has 0 saturated heterocycles. The van der Waals surface area contributed by atoms with Crippen LogP contribution in [0.4, 0.5) is 10.1 Å². The van der Waals surface area contributed by atoms with E-state index in [1.54, 1.807) is 24.8 Å². The summed E-state index contributed by atoms with van der Waals surface area (Å²) in [5, 5.41) is 4.04. The normalized spacial score (nSPS) is 18.7. The molecule has 0 aromatic heterocycles. The van der Waals surface area contributed by atoms with Crippen molar-refractivity contribution in [3.05, 3.63) is 29.6 Å². The molecule has 0 saturated carbocycles. The molecule has 1 aliphatic heterocycles. The van der Waals surface area contributed by atoms with Crippen LogP contribution in [0, 0.1) is 18.2 Å². The number of thioether (sulfide) groups is 1. The topological polar surface area (TPSA) is 24.4 Å². The Hall–Kier alpha value is -1.03. The van der Waals surface area contributed by atoms with Gasteiger partial charge in [-0.25, -0.2) is 4.39 Å². The van der Waals surface area contributed by atoms with Gasteiger partial charge in [-0.2, -0.15) is 0 Å². The number of nitrogens with zero attached hydrogens (tertiary/aromatic N) is 1. The first-order chi connectivity index (χ1) is 7.96. The molecule has 1 N–H and O–H groups in total. The van der Waals surface area contributed by atoms with Crippen LogP contribution in [0.1, 0.15) is 19.4 Å². The fourth-order valence-corrected chi connectivity index (χ4v) is 2.48. The van der Waals surface area contributed by atoms with Gasteiger partial charge in [-0.3, -0.25) is 4.99 Å². The molecule has 0 bridgehead atoms. The summed E-state index contributed by atoms with van der Waals surface area (Å²) < 4.78 is 13.4. The third-order valence-electron chi connectivity index (χ3n) is 2.67. The zero-order valence-corrected chi connectivity index (χ0v) is 11.2. The van der Waals surface area contributed by atoms with Gasteiger partial charge in [0.2, 0.25) is 0 Å². The van der Waals surface area contributed by atoms with Crippen LogP contribution in [-0.4, -0.2) is 17.5 Å². The molecule has 0 spiro atoms. The highest BCUT2D eigenvalue weighted by atomic mass is 32.2. The minimum absolute atomic E-state index is 0.184. The van der Waals surface area contributed by atoms with Gasteiger partial charge in [-0.15, -0.1) is 0 Å². The molecular formula is C13H17FN2S. The van der Waals surface area contributed by atoms with Gasteiger partial charge < -0.3 is 5.32 Å². The van der Waals surface area contributed by atoms with E-state index in [9.17, 15) is 4.39 Å². The van der Waals surface area contributed by atoms with E-state index in [-0.39, 0.29) is 11.2 Å². The van der Waals surface area contributed by atoms with Crippen LogP contribution in [0.5, 0.6) is 0 Å². The van der Waals surface area contributed by atoms with Gasteiger partial charge in [0.15, 0.2) is 5.17 Å². The summed E-state index contributed by atoms with van der Waals surface area (Å²) in [6, 6.07) is 5.16. The van der Waals surface area contributed by atoms with Crippen molar-refractivity contribution in [1.82, 2.24) is 0 Å². The van der Waals surface area contributed by atoms with E-state index in [1.165, 1.54) is 6.07 Å². The number of anilines is 1. The SMILES string of the molecule is Cc1ccc(NC2=NCC(C)(C)CS2)cc1F. The third kappa shape index (κ3) is 3.22. The number of hydrogen-bond donors (Lipinski definition) is 1. The highest BCUT2D eigenvalue weighted by molar-refractivity contribution is 8.14. The summed E-state index contributed by atoms with van der Waals surface area (Å²) in [5.41, 5.74) is 1.68. The van der Waals surface area contributed by atoms with Gasteiger partial charge in [0.25, 0.3) is 0 Å². The molecule has 2 rings (SSSR count). The van der Waals surface area contributed by atoms with E-state index >= 15 is 0 Å². The van der Waals surface area contributed by atoms with Crippen molar-refractivity contribution in [2.45, 2.75) is 20.8 Å². The Kier molecular flexibility index (Phi) is 3.43. The first-order valence-electron chi connectivity index (χ1n) is 5.67. The molecule has 0 amide bonds. The van der Waals surface area contributed by atoms with Crippen molar-refractivity contribution in [2.75, 3.05) is 17.6 Å². The molecule has 0 unspecified atom stereocenters. The van der Waals surface area contributed by atoms with Gasteiger partial charge in [-0.05, 0) is 30.0 Å². The van der Waals surface area contributed by atoms with Gasteiger partial charge in [0.05, 0.1) is 0 Å². The number of amidine groups is 1. The first-order valence-corrected chi connectivity index (χ1v) is 6.65. The maximum absolute atomic E-state index is 13.4. The largest absolute Gasteiger partial charge is 0.335 e. The van der Waals surface area contributed by atoms with Gasteiger partial charge in [0, 0.05) is 18.0 Å². The molecule has 0 aliphatic carbocycles. The summed E-state index contributed by atoms with van der Waals surface area (Å²) in [6.45, 7) is 6.98. The number of nitrogens with one attached hydrogen (secondary N) is 1. The second-order valence-electron chi connectivity index (χ2n) is 5.16. The molecule has 1 heterocycles. The van der Waals surface area contributed by atoms with Gasteiger partial charge in [0.1, 0.15) is 5.82 Å². The Morgan fingerprint density at radius 1 is 1.41 bits per heavy atom. The van der Waals surface area contributed by atoms with Crippen molar-refractivity contribution >= 4 is 22.6 Å². The van der Waals surface area contributed by atoms with Crippen LogP contribution >= 0.6 is 11.8 Å². The maximum Gasteiger partial charge on any atom is 0.161 e. The average molecular weight is 252 g/mol. The lowest BCUT2D eigenvalue weighted by atomic mass is 9.97.